The molecule has 3 heterocycles. The maximum absolute atomic E-state index is 13.6. The molecule has 5 rings (SSSR count). The van der Waals surface area contributed by atoms with Crippen LogP contribution in [0.1, 0.15) is 23.6 Å². The van der Waals surface area contributed by atoms with Gasteiger partial charge in [0.05, 0.1) is 36.0 Å². The minimum absolute atomic E-state index is 0.195. The number of benzene rings is 2. The van der Waals surface area contributed by atoms with Crippen LogP contribution in [-0.4, -0.2) is 39.0 Å². The normalized spacial score (nSPS) is 19.4. The fourth-order valence-electron chi connectivity index (χ4n) is 4.24. The van der Waals surface area contributed by atoms with Crippen LogP contribution in [0, 0.1) is 5.95 Å². The number of halogens is 1. The molecule has 1 fully saturated rings. The fraction of sp³-hybridized carbons (Fsp3) is 0.261. The molecule has 0 radical (unpaired) electrons. The monoisotopic (exact) mass is 405 g/mol. The van der Waals surface area contributed by atoms with Gasteiger partial charge in [-0.05, 0) is 47.6 Å². The molecule has 0 amide bonds. The van der Waals surface area contributed by atoms with Gasteiger partial charge in [-0.25, -0.2) is 9.97 Å². The lowest BCUT2D eigenvalue weighted by Gasteiger charge is -2.29. The Hall–Kier alpha value is -3.16. The Kier molecular flexibility index (Phi) is 4.77. The summed E-state index contributed by atoms with van der Waals surface area (Å²) in [5.74, 6) is -0.532. The average molecular weight is 405 g/mol. The smallest absolute Gasteiger partial charge is 0.261 e. The van der Waals surface area contributed by atoms with Gasteiger partial charge < -0.3 is 9.84 Å². The molecule has 1 aliphatic rings. The van der Waals surface area contributed by atoms with Crippen LogP contribution in [0.15, 0.2) is 59.8 Å². The van der Waals surface area contributed by atoms with Gasteiger partial charge in [0.1, 0.15) is 0 Å². The summed E-state index contributed by atoms with van der Waals surface area (Å²) < 4.78 is 20.4. The predicted octanol–water partition coefficient (Wildman–Crippen LogP) is 3.00. The predicted molar refractivity (Wildman–Crippen MR) is 111 cm³/mol. The second-order valence-electron chi connectivity index (χ2n) is 7.60. The van der Waals surface area contributed by atoms with E-state index in [1.54, 1.807) is 6.07 Å². The van der Waals surface area contributed by atoms with Gasteiger partial charge in [-0.3, -0.25) is 9.36 Å². The largest absolute Gasteiger partial charge is 0.389 e. The molecule has 30 heavy (non-hydrogen) atoms. The molecule has 0 bridgehead atoms. The maximum atomic E-state index is 13.6. The van der Waals surface area contributed by atoms with E-state index in [0.29, 0.717) is 30.4 Å². The van der Waals surface area contributed by atoms with Gasteiger partial charge in [0.15, 0.2) is 0 Å². The van der Waals surface area contributed by atoms with Crippen LogP contribution in [0.5, 0.6) is 0 Å². The molecule has 6 nitrogen and oxygen atoms in total. The molecule has 2 aromatic heterocycles. The number of aliphatic hydroxyl groups excluding tert-OH is 1. The zero-order valence-electron chi connectivity index (χ0n) is 16.2. The van der Waals surface area contributed by atoms with E-state index >= 15 is 0 Å². The first-order valence-corrected chi connectivity index (χ1v) is 9.89. The minimum atomic E-state index is -0.754. The van der Waals surface area contributed by atoms with Gasteiger partial charge in [0.25, 0.3) is 5.56 Å². The first-order valence-electron chi connectivity index (χ1n) is 9.89. The second kappa shape index (κ2) is 7.59. The van der Waals surface area contributed by atoms with Gasteiger partial charge in [-0.2, -0.15) is 4.39 Å². The van der Waals surface area contributed by atoms with Crippen molar-refractivity contribution in [3.05, 3.63) is 82.4 Å². The Morgan fingerprint density at radius 1 is 1.13 bits per heavy atom. The summed E-state index contributed by atoms with van der Waals surface area (Å²) in [5, 5.41) is 12.6. The molecule has 0 aliphatic carbocycles. The number of ether oxygens (including phenoxy) is 1. The van der Waals surface area contributed by atoms with E-state index in [2.05, 4.69) is 9.97 Å². The van der Waals surface area contributed by atoms with Crippen LogP contribution < -0.4 is 5.56 Å². The van der Waals surface area contributed by atoms with E-state index in [0.717, 1.165) is 21.9 Å². The standard InChI is InChI=1S/C23H20FN3O3/c24-21-10-14(5-7-25-21)9-15-11-18-22(17-4-2-1-3-16(15)17)26-13-27(23(18)29)19-6-8-30-12-20(19)28/h1-5,7,10-11,13,19-20,28H,6,8-9,12H2/t19-,20-/m0/s1. The number of pyridine rings is 1. The summed E-state index contributed by atoms with van der Waals surface area (Å²) in [4.78, 5) is 21.6. The number of hydrogen-bond donors (Lipinski definition) is 1. The summed E-state index contributed by atoms with van der Waals surface area (Å²) in [6.45, 7) is 0.689. The first-order chi connectivity index (χ1) is 14.6. The van der Waals surface area contributed by atoms with E-state index in [-0.39, 0.29) is 18.2 Å². The zero-order chi connectivity index (χ0) is 20.7. The van der Waals surface area contributed by atoms with E-state index in [4.69, 9.17) is 4.74 Å². The van der Waals surface area contributed by atoms with Gasteiger partial charge in [-0.15, -0.1) is 0 Å². The molecule has 0 spiro atoms. The van der Waals surface area contributed by atoms with Crippen LogP contribution in [-0.2, 0) is 11.2 Å². The topological polar surface area (TPSA) is 77.2 Å². The quantitative estimate of drug-likeness (QED) is 0.419. The third-order valence-electron chi connectivity index (χ3n) is 5.71. The highest BCUT2D eigenvalue weighted by Crippen LogP contribution is 2.28. The molecule has 152 valence electrons. The highest BCUT2D eigenvalue weighted by atomic mass is 19.1. The Bertz CT molecular complexity index is 1300. The maximum Gasteiger partial charge on any atom is 0.261 e. The van der Waals surface area contributed by atoms with Gasteiger partial charge >= 0.3 is 0 Å². The van der Waals surface area contributed by atoms with Crippen molar-refractivity contribution in [1.29, 1.82) is 0 Å². The van der Waals surface area contributed by atoms with Crippen molar-refractivity contribution in [2.45, 2.75) is 25.0 Å². The number of hydrogen-bond acceptors (Lipinski definition) is 5. The van der Waals surface area contributed by atoms with Crippen molar-refractivity contribution >= 4 is 21.7 Å². The lowest BCUT2D eigenvalue weighted by Crippen LogP contribution is -2.39. The van der Waals surface area contributed by atoms with Crippen LogP contribution in [0.3, 0.4) is 0 Å². The van der Waals surface area contributed by atoms with E-state index < -0.39 is 12.1 Å². The Labute approximate surface area is 171 Å². The third-order valence-corrected chi connectivity index (χ3v) is 5.71. The molecule has 1 N–H and O–H groups in total. The lowest BCUT2D eigenvalue weighted by atomic mass is 9.96. The molecule has 7 heteroatoms. The zero-order valence-corrected chi connectivity index (χ0v) is 16.2. The van der Waals surface area contributed by atoms with Crippen molar-refractivity contribution in [1.82, 2.24) is 14.5 Å². The summed E-state index contributed by atoms with van der Waals surface area (Å²) >= 11 is 0. The van der Waals surface area contributed by atoms with E-state index in [1.807, 2.05) is 30.3 Å². The van der Waals surface area contributed by atoms with Crippen molar-refractivity contribution in [3.8, 4) is 0 Å². The van der Waals surface area contributed by atoms with Crippen molar-refractivity contribution in [2.24, 2.45) is 0 Å². The summed E-state index contributed by atoms with van der Waals surface area (Å²) in [5.41, 5.74) is 2.11. The Morgan fingerprint density at radius 3 is 2.77 bits per heavy atom. The number of aliphatic hydroxyl groups is 1. The van der Waals surface area contributed by atoms with E-state index in [9.17, 15) is 14.3 Å². The van der Waals surface area contributed by atoms with Gasteiger partial charge in [0.2, 0.25) is 5.95 Å². The highest BCUT2D eigenvalue weighted by Gasteiger charge is 2.27. The number of aromatic nitrogens is 3. The number of rotatable bonds is 3. The molecule has 2 aromatic carbocycles. The molecular weight excluding hydrogens is 385 g/mol. The molecule has 4 aromatic rings. The third kappa shape index (κ3) is 3.26. The Balaban J connectivity index is 1.71. The average Bonchev–Trinajstić information content (AvgIpc) is 2.75. The minimum Gasteiger partial charge on any atom is -0.389 e. The first kappa shape index (κ1) is 18.8. The molecular formula is C23H20FN3O3. The van der Waals surface area contributed by atoms with Gasteiger partial charge in [0, 0.05) is 18.2 Å². The molecule has 1 saturated heterocycles. The lowest BCUT2D eigenvalue weighted by molar-refractivity contribution is -0.0395. The molecule has 0 unspecified atom stereocenters. The van der Waals surface area contributed by atoms with Crippen LogP contribution >= 0.6 is 0 Å². The number of nitrogens with zero attached hydrogens (tertiary/aromatic N) is 3. The van der Waals surface area contributed by atoms with E-state index in [1.165, 1.54) is 23.2 Å². The summed E-state index contributed by atoms with van der Waals surface area (Å²) in [6.07, 6.45) is 3.22. The van der Waals surface area contributed by atoms with Crippen molar-refractivity contribution < 1.29 is 14.2 Å². The summed E-state index contributed by atoms with van der Waals surface area (Å²) in [6, 6.07) is 12.4. The second-order valence-corrected chi connectivity index (χ2v) is 7.60. The number of fused-ring (bicyclic) bond motifs is 3. The van der Waals surface area contributed by atoms with Gasteiger partial charge in [-0.1, -0.05) is 24.3 Å². The van der Waals surface area contributed by atoms with Crippen molar-refractivity contribution in [2.75, 3.05) is 13.2 Å². The SMILES string of the molecule is O=c1c2cc(Cc3ccnc(F)c3)c3ccccc3c2ncn1[C@H]1CCOC[C@@H]1O. The molecule has 2 atom stereocenters. The molecule has 0 saturated carbocycles. The summed E-state index contributed by atoms with van der Waals surface area (Å²) in [7, 11) is 0. The Morgan fingerprint density at radius 2 is 1.97 bits per heavy atom. The molecule has 1 aliphatic heterocycles. The highest BCUT2D eigenvalue weighted by molar-refractivity contribution is 6.06. The van der Waals surface area contributed by atoms with Crippen LogP contribution in [0.2, 0.25) is 0 Å². The van der Waals surface area contributed by atoms with Crippen LogP contribution in [0.4, 0.5) is 4.39 Å². The fourth-order valence-corrected chi connectivity index (χ4v) is 4.24. The van der Waals surface area contributed by atoms with Crippen molar-refractivity contribution in [3.63, 3.8) is 0 Å². The van der Waals surface area contributed by atoms with Crippen LogP contribution in [0.25, 0.3) is 21.7 Å².